The first-order valence-electron chi connectivity index (χ1n) is 12.6. The van der Waals surface area contributed by atoms with Crippen LogP contribution >= 0.6 is 0 Å². The van der Waals surface area contributed by atoms with Crippen LogP contribution in [0.4, 0.5) is 0 Å². The Morgan fingerprint density at radius 1 is 0.600 bits per heavy atom. The summed E-state index contributed by atoms with van der Waals surface area (Å²) in [5.74, 6) is -1.34. The summed E-state index contributed by atoms with van der Waals surface area (Å²) in [7, 11) is 0. The molecule has 0 radical (unpaired) electrons. The lowest BCUT2D eigenvalue weighted by Crippen LogP contribution is -2.70. The van der Waals surface area contributed by atoms with Gasteiger partial charge in [-0.05, 0) is 0 Å². The number of carbonyl (C=O) groups is 2. The van der Waals surface area contributed by atoms with Gasteiger partial charge < -0.3 is 80.3 Å². The quantitative estimate of drug-likeness (QED) is 0.120. The Balaban J connectivity index is 1.95. The third-order valence-corrected chi connectivity index (χ3v) is 6.90. The van der Waals surface area contributed by atoms with E-state index in [0.29, 0.717) is 0 Å². The highest BCUT2D eigenvalue weighted by atomic mass is 16.7. The van der Waals surface area contributed by atoms with E-state index in [9.17, 15) is 55.5 Å². The van der Waals surface area contributed by atoms with E-state index in [4.69, 9.17) is 23.7 Å². The zero-order valence-corrected chi connectivity index (χ0v) is 21.7. The number of aliphatic hydroxyl groups excluding tert-OH is 9. The molecule has 11 N–H and O–H groups in total. The first-order valence-corrected chi connectivity index (χ1v) is 12.6. The zero-order valence-electron chi connectivity index (χ0n) is 21.7. The number of rotatable bonds is 9. The summed E-state index contributed by atoms with van der Waals surface area (Å²) in [6.45, 7) is -0.140. The third kappa shape index (κ3) is 7.05. The van der Waals surface area contributed by atoms with E-state index in [-0.39, 0.29) is 0 Å². The Bertz CT molecular complexity index is 852. The van der Waals surface area contributed by atoms with E-state index in [2.05, 4.69) is 10.6 Å². The molecule has 3 saturated heterocycles. The molecule has 0 aliphatic carbocycles. The van der Waals surface area contributed by atoms with Gasteiger partial charge in [0.2, 0.25) is 11.8 Å². The summed E-state index contributed by atoms with van der Waals surface area (Å²) >= 11 is 0. The molecular weight excluding hydrogens is 548 g/mol. The molecule has 2 amide bonds. The summed E-state index contributed by atoms with van der Waals surface area (Å²) in [6.07, 6.45) is -21.4. The lowest BCUT2D eigenvalue weighted by molar-refractivity contribution is -0.356. The average molecular weight is 587 g/mol. The fourth-order valence-electron chi connectivity index (χ4n) is 4.86. The topological polar surface area (TPSA) is 286 Å². The molecule has 18 nitrogen and oxygen atoms in total. The van der Waals surface area contributed by atoms with Crippen LogP contribution in [0, 0.1) is 0 Å². The maximum atomic E-state index is 12.1. The molecule has 3 heterocycles. The minimum absolute atomic E-state index is 0.647. The number of ether oxygens (including phenoxy) is 5. The second-order valence-corrected chi connectivity index (χ2v) is 9.81. The number of aliphatic hydroxyl groups is 9. The molecule has 3 aliphatic rings. The summed E-state index contributed by atoms with van der Waals surface area (Å²) in [5, 5.41) is 96.5. The Hall–Kier alpha value is -1.62. The Kier molecular flexibility index (Phi) is 11.5. The van der Waals surface area contributed by atoms with E-state index in [0.717, 1.165) is 13.8 Å². The number of amides is 2. The summed E-state index contributed by atoms with van der Waals surface area (Å²) in [6, 6.07) is -2.90. The van der Waals surface area contributed by atoms with Crippen molar-refractivity contribution < 1.29 is 79.2 Å². The summed E-state index contributed by atoms with van der Waals surface area (Å²) < 4.78 is 27.7. The van der Waals surface area contributed by atoms with Crippen LogP contribution in [0.3, 0.4) is 0 Å². The molecule has 3 rings (SSSR count). The highest BCUT2D eigenvalue weighted by molar-refractivity contribution is 5.73. The van der Waals surface area contributed by atoms with Crippen molar-refractivity contribution in [3.05, 3.63) is 0 Å². The Morgan fingerprint density at radius 2 is 1.02 bits per heavy atom. The first-order chi connectivity index (χ1) is 18.8. The molecule has 0 spiro atoms. The van der Waals surface area contributed by atoms with Crippen LogP contribution in [0.5, 0.6) is 0 Å². The Morgan fingerprint density at radius 3 is 1.55 bits per heavy atom. The molecule has 0 bridgehead atoms. The fourth-order valence-corrected chi connectivity index (χ4v) is 4.86. The van der Waals surface area contributed by atoms with E-state index in [1.165, 1.54) is 0 Å². The first kappa shape index (κ1) is 32.9. The molecule has 3 aliphatic heterocycles. The average Bonchev–Trinajstić information content (AvgIpc) is 2.90. The molecule has 18 heteroatoms. The minimum Gasteiger partial charge on any atom is -0.394 e. The van der Waals surface area contributed by atoms with Crippen LogP contribution in [0.2, 0.25) is 0 Å². The maximum Gasteiger partial charge on any atom is 0.217 e. The van der Waals surface area contributed by atoms with Gasteiger partial charge in [-0.3, -0.25) is 9.59 Å². The van der Waals surface area contributed by atoms with Crippen molar-refractivity contribution in [2.24, 2.45) is 0 Å². The lowest BCUT2D eigenvalue weighted by atomic mass is 9.94. The molecule has 0 unspecified atom stereocenters. The van der Waals surface area contributed by atoms with Crippen molar-refractivity contribution in [1.82, 2.24) is 10.6 Å². The van der Waals surface area contributed by atoms with Crippen LogP contribution in [0.15, 0.2) is 0 Å². The van der Waals surface area contributed by atoms with Crippen molar-refractivity contribution in [3.63, 3.8) is 0 Å². The van der Waals surface area contributed by atoms with Gasteiger partial charge in [-0.25, -0.2) is 0 Å². The second kappa shape index (κ2) is 14.0. The van der Waals surface area contributed by atoms with Gasteiger partial charge in [0.05, 0.1) is 19.8 Å². The van der Waals surface area contributed by atoms with Crippen LogP contribution in [-0.4, -0.2) is 170 Å². The third-order valence-electron chi connectivity index (χ3n) is 6.90. The van der Waals surface area contributed by atoms with Crippen molar-refractivity contribution in [2.45, 2.75) is 106 Å². The van der Waals surface area contributed by atoms with Gasteiger partial charge in [-0.1, -0.05) is 0 Å². The molecule has 3 fully saturated rings. The highest BCUT2D eigenvalue weighted by Gasteiger charge is 2.54. The predicted octanol–water partition coefficient (Wildman–Crippen LogP) is -7.29. The van der Waals surface area contributed by atoms with Gasteiger partial charge in [0.1, 0.15) is 73.1 Å². The standard InChI is InChI=1S/C22H38N2O16/c1-6(28)23-11-18(14(31)9(4-26)36-20(11)35)39-21-12(24-7(2)29)19(15(32)10(5-27)37-21)40-22-17(34)16(33)13(30)8(3-25)38-22/h8-22,25-27,30-35H,3-5H2,1-2H3,(H,23,28)(H,24,29)/t8-,9-,10-,11-,12-,13+,14-,15+,16+,17-,18-,19-,20-,21-,22+/m1/s1. The van der Waals surface area contributed by atoms with E-state index < -0.39 is 124 Å². The lowest BCUT2D eigenvalue weighted by Gasteiger charge is -2.49. The van der Waals surface area contributed by atoms with Crippen LogP contribution in [-0.2, 0) is 33.3 Å². The van der Waals surface area contributed by atoms with Gasteiger partial charge in [0.15, 0.2) is 18.9 Å². The number of hydrogen-bond donors (Lipinski definition) is 11. The molecule has 15 atom stereocenters. The van der Waals surface area contributed by atoms with E-state index in [1.807, 2.05) is 0 Å². The summed E-state index contributed by atoms with van der Waals surface area (Å²) in [5.41, 5.74) is 0. The largest absolute Gasteiger partial charge is 0.394 e. The summed E-state index contributed by atoms with van der Waals surface area (Å²) in [4.78, 5) is 23.9. The highest BCUT2D eigenvalue weighted by Crippen LogP contribution is 2.32. The molecule has 0 aromatic rings. The molecule has 0 saturated carbocycles. The van der Waals surface area contributed by atoms with Gasteiger partial charge >= 0.3 is 0 Å². The maximum absolute atomic E-state index is 12.1. The van der Waals surface area contributed by atoms with E-state index in [1.54, 1.807) is 0 Å². The van der Waals surface area contributed by atoms with E-state index >= 15 is 0 Å². The van der Waals surface area contributed by atoms with Crippen molar-refractivity contribution in [2.75, 3.05) is 19.8 Å². The fraction of sp³-hybridized carbons (Fsp3) is 0.909. The van der Waals surface area contributed by atoms with Gasteiger partial charge in [-0.2, -0.15) is 0 Å². The van der Waals surface area contributed by atoms with Gasteiger partial charge in [-0.15, -0.1) is 0 Å². The van der Waals surface area contributed by atoms with Gasteiger partial charge in [0.25, 0.3) is 0 Å². The number of carbonyl (C=O) groups excluding carboxylic acids is 2. The van der Waals surface area contributed by atoms with Crippen LogP contribution < -0.4 is 10.6 Å². The number of nitrogens with one attached hydrogen (secondary N) is 2. The smallest absolute Gasteiger partial charge is 0.217 e. The predicted molar refractivity (Wildman–Crippen MR) is 124 cm³/mol. The van der Waals surface area contributed by atoms with Gasteiger partial charge in [0, 0.05) is 13.8 Å². The monoisotopic (exact) mass is 586 g/mol. The van der Waals surface area contributed by atoms with Crippen molar-refractivity contribution in [3.8, 4) is 0 Å². The molecule has 0 aromatic heterocycles. The second-order valence-electron chi connectivity index (χ2n) is 9.81. The SMILES string of the molecule is CC(=O)N[C@@H]1[C@@H](O[C@H]2O[C@H](CO)[C@H](O)[C@H](O[C@@H]3O[C@H](CO)[C@H](O)[C@H](O)[C@H]3O)[C@H]2NC(C)=O)[C@H](O)[C@@H](CO)O[C@H]1O. The molecule has 0 aromatic carbocycles. The van der Waals surface area contributed by atoms with Crippen LogP contribution in [0.25, 0.3) is 0 Å². The zero-order chi connectivity index (χ0) is 29.9. The van der Waals surface area contributed by atoms with Crippen LogP contribution in [0.1, 0.15) is 13.8 Å². The minimum atomic E-state index is -1.89. The molecule has 232 valence electrons. The van der Waals surface area contributed by atoms with Crippen molar-refractivity contribution in [1.29, 1.82) is 0 Å². The number of hydrogen-bond acceptors (Lipinski definition) is 16. The molecular formula is C22H38N2O16. The normalized spacial score (nSPS) is 46.0. The Labute approximate surface area is 228 Å². The van der Waals surface area contributed by atoms with Crippen molar-refractivity contribution >= 4 is 11.8 Å². The molecule has 40 heavy (non-hydrogen) atoms.